The molecule has 1 amide bonds. The van der Waals surface area contributed by atoms with Crippen molar-refractivity contribution < 1.29 is 29.3 Å². The van der Waals surface area contributed by atoms with Gasteiger partial charge in [-0.05, 0) is 58.3 Å². The van der Waals surface area contributed by atoms with Gasteiger partial charge in [-0.2, -0.15) is 0 Å². The fourth-order valence-electron chi connectivity index (χ4n) is 3.75. The van der Waals surface area contributed by atoms with E-state index in [2.05, 4.69) is 5.32 Å². The van der Waals surface area contributed by atoms with Crippen molar-refractivity contribution in [2.45, 2.75) is 83.8 Å². The lowest BCUT2D eigenvalue weighted by atomic mass is 9.68. The Morgan fingerprint density at radius 3 is 2.28 bits per heavy atom. The molecule has 0 aromatic rings. The van der Waals surface area contributed by atoms with Crippen LogP contribution >= 0.6 is 0 Å². The maximum absolute atomic E-state index is 12.3. The number of nitrogens with one attached hydrogen (secondary N) is 1. The topological polar surface area (TPSA) is 113 Å². The van der Waals surface area contributed by atoms with Crippen molar-refractivity contribution in [3.63, 3.8) is 0 Å². The Bertz CT molecular complexity index is 498. The molecule has 0 saturated heterocycles. The largest absolute Gasteiger partial charge is 0.481 e. The van der Waals surface area contributed by atoms with Gasteiger partial charge in [-0.15, -0.1) is 0 Å². The quantitative estimate of drug-likeness (QED) is 0.643. The van der Waals surface area contributed by atoms with Crippen LogP contribution in [0.15, 0.2) is 0 Å². The monoisotopic (exact) mass is 357 g/mol. The zero-order chi connectivity index (χ0) is 19.3. The van der Waals surface area contributed by atoms with Crippen molar-refractivity contribution in [2.75, 3.05) is 0 Å². The number of alkyl carbamates (subject to hydrolysis) is 1. The molecule has 25 heavy (non-hydrogen) atoms. The SMILES string of the molecule is CCCC(NC(=O)OC(C)(C)C)(C(=O)O)C1CCCC(CC(=O)O)C1. The van der Waals surface area contributed by atoms with Crippen LogP contribution in [0.4, 0.5) is 4.79 Å². The molecule has 0 bridgehead atoms. The molecule has 1 fully saturated rings. The number of ether oxygens (including phenoxy) is 1. The van der Waals surface area contributed by atoms with Crippen LogP contribution in [0.5, 0.6) is 0 Å². The second-order valence-electron chi connectivity index (χ2n) is 7.98. The summed E-state index contributed by atoms with van der Waals surface area (Å²) in [5, 5.41) is 21.6. The molecule has 1 saturated carbocycles. The molecule has 3 atom stereocenters. The van der Waals surface area contributed by atoms with Crippen LogP contribution < -0.4 is 5.32 Å². The van der Waals surface area contributed by atoms with Crippen molar-refractivity contribution in [3.8, 4) is 0 Å². The van der Waals surface area contributed by atoms with Crippen LogP contribution in [0.25, 0.3) is 0 Å². The van der Waals surface area contributed by atoms with Crippen LogP contribution in [0.1, 0.15) is 72.6 Å². The molecule has 0 spiro atoms. The molecule has 0 aromatic carbocycles. The van der Waals surface area contributed by atoms with Crippen LogP contribution in [-0.4, -0.2) is 39.4 Å². The molecular formula is C18H31NO6. The van der Waals surface area contributed by atoms with E-state index < -0.39 is 29.2 Å². The van der Waals surface area contributed by atoms with Crippen LogP contribution in [0.3, 0.4) is 0 Å². The first-order valence-corrected chi connectivity index (χ1v) is 8.96. The third-order valence-electron chi connectivity index (χ3n) is 4.69. The second kappa shape index (κ2) is 8.54. The number of hydrogen-bond acceptors (Lipinski definition) is 4. The first-order chi connectivity index (χ1) is 11.5. The normalized spacial score (nSPS) is 23.4. The predicted molar refractivity (Wildman–Crippen MR) is 92.3 cm³/mol. The maximum Gasteiger partial charge on any atom is 0.408 e. The standard InChI is InChI=1S/C18H31NO6/c1-5-9-18(15(22)23,19-16(24)25-17(2,3)4)13-8-6-7-12(10-13)11-14(20)21/h12-13H,5-11H2,1-4H3,(H,19,24)(H,20,21)(H,22,23). The van der Waals surface area contributed by atoms with E-state index >= 15 is 0 Å². The van der Waals surface area contributed by atoms with E-state index in [1.165, 1.54) is 0 Å². The minimum Gasteiger partial charge on any atom is -0.481 e. The van der Waals surface area contributed by atoms with Crippen molar-refractivity contribution in [3.05, 3.63) is 0 Å². The third kappa shape index (κ3) is 6.21. The molecule has 0 aliphatic heterocycles. The van der Waals surface area contributed by atoms with Crippen LogP contribution in [0, 0.1) is 11.8 Å². The summed E-state index contributed by atoms with van der Waals surface area (Å²) in [7, 11) is 0. The van der Waals surface area contributed by atoms with Crippen molar-refractivity contribution in [2.24, 2.45) is 11.8 Å². The molecule has 3 unspecified atom stereocenters. The number of carbonyl (C=O) groups is 3. The molecule has 1 aliphatic rings. The lowest BCUT2D eigenvalue weighted by Crippen LogP contribution is -2.60. The number of carbonyl (C=O) groups excluding carboxylic acids is 1. The van der Waals surface area contributed by atoms with Gasteiger partial charge < -0.3 is 20.3 Å². The Kier molecular flexibility index (Phi) is 7.26. The summed E-state index contributed by atoms with van der Waals surface area (Å²) in [5.74, 6) is -2.33. The summed E-state index contributed by atoms with van der Waals surface area (Å²) in [6, 6.07) is 0. The first-order valence-electron chi connectivity index (χ1n) is 8.96. The van der Waals surface area contributed by atoms with Gasteiger partial charge in [0.15, 0.2) is 0 Å². The molecule has 0 aromatic heterocycles. The van der Waals surface area contributed by atoms with Gasteiger partial charge in [0, 0.05) is 6.42 Å². The highest BCUT2D eigenvalue weighted by molar-refractivity contribution is 5.85. The Hall–Kier alpha value is -1.79. The van der Waals surface area contributed by atoms with Crippen LogP contribution in [-0.2, 0) is 14.3 Å². The van der Waals surface area contributed by atoms with E-state index in [4.69, 9.17) is 9.84 Å². The molecule has 7 heteroatoms. The highest BCUT2D eigenvalue weighted by Crippen LogP contribution is 2.40. The van der Waals surface area contributed by atoms with Gasteiger partial charge in [0.1, 0.15) is 11.1 Å². The van der Waals surface area contributed by atoms with Gasteiger partial charge in [-0.25, -0.2) is 9.59 Å². The molecule has 0 heterocycles. The maximum atomic E-state index is 12.3. The number of carboxylic acids is 2. The molecule has 3 N–H and O–H groups in total. The molecule has 144 valence electrons. The number of carboxylic acid groups (broad SMARTS) is 2. The fourth-order valence-corrected chi connectivity index (χ4v) is 3.75. The van der Waals surface area contributed by atoms with Gasteiger partial charge in [0.2, 0.25) is 0 Å². The summed E-state index contributed by atoms with van der Waals surface area (Å²) in [4.78, 5) is 35.4. The number of aliphatic carboxylic acids is 2. The molecule has 1 rings (SSSR count). The van der Waals surface area contributed by atoms with E-state index in [0.717, 1.165) is 12.8 Å². The Labute approximate surface area is 149 Å². The fraction of sp³-hybridized carbons (Fsp3) is 0.833. The van der Waals surface area contributed by atoms with E-state index in [1.54, 1.807) is 20.8 Å². The average Bonchev–Trinajstić information content (AvgIpc) is 2.44. The summed E-state index contributed by atoms with van der Waals surface area (Å²) in [6.07, 6.45) is 2.82. The van der Waals surface area contributed by atoms with Crippen molar-refractivity contribution in [1.29, 1.82) is 0 Å². The van der Waals surface area contributed by atoms with Crippen LogP contribution in [0.2, 0.25) is 0 Å². The van der Waals surface area contributed by atoms with Gasteiger partial charge in [-0.1, -0.05) is 19.8 Å². The molecule has 1 aliphatic carbocycles. The van der Waals surface area contributed by atoms with Gasteiger partial charge in [0.25, 0.3) is 0 Å². The summed E-state index contributed by atoms with van der Waals surface area (Å²) < 4.78 is 5.26. The zero-order valence-electron chi connectivity index (χ0n) is 15.6. The second-order valence-corrected chi connectivity index (χ2v) is 7.98. The smallest absolute Gasteiger partial charge is 0.408 e. The summed E-state index contributed by atoms with van der Waals surface area (Å²) in [6.45, 7) is 7.03. The highest BCUT2D eigenvalue weighted by Gasteiger charge is 2.48. The van der Waals surface area contributed by atoms with Crippen molar-refractivity contribution in [1.82, 2.24) is 5.32 Å². The Balaban J connectivity index is 3.03. The van der Waals surface area contributed by atoms with Gasteiger partial charge in [-0.3, -0.25) is 4.79 Å². The minimum absolute atomic E-state index is 0.0325. The number of amides is 1. The zero-order valence-corrected chi connectivity index (χ0v) is 15.6. The lowest BCUT2D eigenvalue weighted by Gasteiger charge is -2.42. The van der Waals surface area contributed by atoms with E-state index in [0.29, 0.717) is 19.3 Å². The molecule has 0 radical (unpaired) electrons. The summed E-state index contributed by atoms with van der Waals surface area (Å²) >= 11 is 0. The van der Waals surface area contributed by atoms with Gasteiger partial charge >= 0.3 is 18.0 Å². The Morgan fingerprint density at radius 2 is 1.80 bits per heavy atom. The third-order valence-corrected chi connectivity index (χ3v) is 4.69. The number of hydrogen-bond donors (Lipinski definition) is 3. The highest BCUT2D eigenvalue weighted by atomic mass is 16.6. The first kappa shape index (κ1) is 21.3. The number of rotatable bonds is 7. The van der Waals surface area contributed by atoms with Gasteiger partial charge in [0.05, 0.1) is 0 Å². The molecule has 7 nitrogen and oxygen atoms in total. The minimum atomic E-state index is -1.42. The van der Waals surface area contributed by atoms with E-state index in [1.807, 2.05) is 6.92 Å². The van der Waals surface area contributed by atoms with E-state index in [9.17, 15) is 19.5 Å². The average molecular weight is 357 g/mol. The predicted octanol–water partition coefficient (Wildman–Crippen LogP) is 3.42. The molecular weight excluding hydrogens is 326 g/mol. The lowest BCUT2D eigenvalue weighted by molar-refractivity contribution is -0.149. The Morgan fingerprint density at radius 1 is 1.16 bits per heavy atom. The summed E-state index contributed by atoms with van der Waals surface area (Å²) in [5.41, 5.74) is -2.15. The van der Waals surface area contributed by atoms with Crippen molar-refractivity contribution >= 4 is 18.0 Å². The van der Waals surface area contributed by atoms with E-state index in [-0.39, 0.29) is 24.7 Å².